The predicted octanol–water partition coefficient (Wildman–Crippen LogP) is 7.80. The summed E-state index contributed by atoms with van der Waals surface area (Å²) in [5.41, 5.74) is 0.0935. The summed E-state index contributed by atoms with van der Waals surface area (Å²) in [7, 11) is -4.95. The molecule has 0 aliphatic heterocycles. The van der Waals surface area contributed by atoms with Gasteiger partial charge in [-0.15, -0.1) is 0 Å². The van der Waals surface area contributed by atoms with Gasteiger partial charge in [0.15, 0.2) is 0 Å². The van der Waals surface area contributed by atoms with Crippen LogP contribution in [0.4, 0.5) is 0 Å². The zero-order valence-corrected chi connectivity index (χ0v) is 22.5. The minimum absolute atomic E-state index is 0.209. The molecule has 0 N–H and O–H groups in total. The quantitative estimate of drug-likeness (QED) is 0.296. The Bertz CT molecular complexity index is 749. The summed E-state index contributed by atoms with van der Waals surface area (Å²) in [5, 5.41) is 0. The van der Waals surface area contributed by atoms with Crippen molar-refractivity contribution in [1.82, 2.24) is 0 Å². The molecular formula is C23H40O5PSi. The molecule has 7 heteroatoms. The molecule has 171 valence electrons. The van der Waals surface area contributed by atoms with Crippen LogP contribution < -0.4 is 4.52 Å². The molecule has 0 fully saturated rings. The smallest absolute Gasteiger partial charge is 0.410 e. The van der Waals surface area contributed by atoms with Gasteiger partial charge >= 0.3 is 7.82 Å². The van der Waals surface area contributed by atoms with Crippen molar-refractivity contribution < 1.29 is 22.6 Å². The number of phosphoric acid groups is 1. The summed E-state index contributed by atoms with van der Waals surface area (Å²) >= 11 is 0. The van der Waals surface area contributed by atoms with Gasteiger partial charge in [0.2, 0.25) is 9.04 Å². The van der Waals surface area contributed by atoms with Crippen LogP contribution in [0.3, 0.4) is 0 Å². The van der Waals surface area contributed by atoms with Crippen LogP contribution in [0.5, 0.6) is 5.75 Å². The molecule has 1 unspecified atom stereocenters. The van der Waals surface area contributed by atoms with Crippen molar-refractivity contribution in [2.24, 2.45) is 5.41 Å². The van der Waals surface area contributed by atoms with Gasteiger partial charge in [0.1, 0.15) is 5.75 Å². The molecular weight excluding hydrogens is 415 g/mol. The molecule has 1 rings (SSSR count). The maximum absolute atomic E-state index is 13.7. The second-order valence-electron chi connectivity index (χ2n) is 10.7. The van der Waals surface area contributed by atoms with E-state index in [0.717, 1.165) is 11.1 Å². The first-order chi connectivity index (χ1) is 13.4. The maximum Gasteiger partial charge on any atom is 0.531 e. The highest BCUT2D eigenvalue weighted by atomic mass is 31.2. The normalized spacial score (nSPS) is 14.7. The van der Waals surface area contributed by atoms with E-state index < -0.39 is 28.1 Å². The van der Waals surface area contributed by atoms with Crippen LogP contribution in [-0.2, 0) is 18.0 Å². The third kappa shape index (κ3) is 9.07. The monoisotopic (exact) mass is 455 g/mol. The minimum Gasteiger partial charge on any atom is -0.410 e. The van der Waals surface area contributed by atoms with Gasteiger partial charge in [-0.3, -0.25) is 9.05 Å². The molecule has 0 aliphatic carbocycles. The van der Waals surface area contributed by atoms with Crippen LogP contribution in [-0.4, -0.2) is 20.2 Å². The van der Waals surface area contributed by atoms with Gasteiger partial charge in [-0.05, 0) is 77.7 Å². The lowest BCUT2D eigenvalue weighted by atomic mass is 9.84. The Kier molecular flexibility index (Phi) is 8.77. The fourth-order valence-corrected chi connectivity index (χ4v) is 5.58. The van der Waals surface area contributed by atoms with Crippen LogP contribution in [0.1, 0.15) is 79.5 Å². The zero-order valence-electron chi connectivity index (χ0n) is 20.6. The van der Waals surface area contributed by atoms with Crippen molar-refractivity contribution >= 4 is 22.9 Å². The first kappa shape index (κ1) is 27.1. The number of rotatable bonds is 8. The van der Waals surface area contributed by atoms with Crippen LogP contribution >= 0.6 is 7.82 Å². The highest BCUT2D eigenvalue weighted by molar-refractivity contribution is 7.49. The second kappa shape index (κ2) is 9.70. The van der Waals surface area contributed by atoms with E-state index in [1.807, 2.05) is 53.7 Å². The fraction of sp³-hybridized carbons (Fsp3) is 0.652. The van der Waals surface area contributed by atoms with Gasteiger partial charge in [-0.2, -0.15) is 0 Å². The van der Waals surface area contributed by atoms with Gasteiger partial charge in [0.25, 0.3) is 0 Å². The lowest BCUT2D eigenvalue weighted by Gasteiger charge is -2.35. The Labute approximate surface area is 185 Å². The molecule has 0 bridgehead atoms. The van der Waals surface area contributed by atoms with Crippen molar-refractivity contribution in [3.8, 4) is 5.75 Å². The van der Waals surface area contributed by atoms with Gasteiger partial charge in [-0.1, -0.05) is 39.5 Å². The van der Waals surface area contributed by atoms with Crippen molar-refractivity contribution in [1.29, 1.82) is 0 Å². The van der Waals surface area contributed by atoms with Crippen molar-refractivity contribution in [3.05, 3.63) is 35.9 Å². The fourth-order valence-electron chi connectivity index (χ4n) is 2.77. The lowest BCUT2D eigenvalue weighted by molar-refractivity contribution is 0.0213. The molecule has 1 radical (unpaired) electrons. The van der Waals surface area contributed by atoms with E-state index in [9.17, 15) is 4.57 Å². The number of benzene rings is 1. The standard InChI is InChI=1S/C23H40O5PSi/c1-13-17-14-15-19(18(16-17)20(21(2,3)4)26-30(11)12)25-29(24,27-22(5,6)7)28-23(8,9)10/h13-16,20H,1H2,2-12H3. The van der Waals surface area contributed by atoms with E-state index in [-0.39, 0.29) is 11.5 Å². The molecule has 1 aromatic carbocycles. The molecule has 0 amide bonds. The van der Waals surface area contributed by atoms with Crippen molar-refractivity contribution in [2.45, 2.75) is 92.7 Å². The molecule has 0 saturated heterocycles. The topological polar surface area (TPSA) is 54.0 Å². The molecule has 0 saturated carbocycles. The minimum atomic E-state index is -3.93. The summed E-state index contributed by atoms with van der Waals surface area (Å²) < 4.78 is 37.8. The summed E-state index contributed by atoms with van der Waals surface area (Å²) in [5.74, 6) is 0.431. The third-order valence-corrected chi connectivity index (χ3v) is 6.34. The lowest BCUT2D eigenvalue weighted by Crippen LogP contribution is -2.28. The van der Waals surface area contributed by atoms with Crippen molar-refractivity contribution in [2.75, 3.05) is 0 Å². The van der Waals surface area contributed by atoms with E-state index >= 15 is 0 Å². The maximum atomic E-state index is 13.7. The highest BCUT2D eigenvalue weighted by Crippen LogP contribution is 2.56. The summed E-state index contributed by atoms with van der Waals surface area (Å²) in [6, 6.07) is 5.63. The molecule has 0 aromatic heterocycles. The van der Waals surface area contributed by atoms with E-state index in [1.54, 1.807) is 12.1 Å². The summed E-state index contributed by atoms with van der Waals surface area (Å²) in [6.07, 6.45) is 1.52. The van der Waals surface area contributed by atoms with E-state index in [2.05, 4.69) is 40.4 Å². The van der Waals surface area contributed by atoms with E-state index in [4.69, 9.17) is 18.0 Å². The van der Waals surface area contributed by atoms with E-state index in [0.29, 0.717) is 5.75 Å². The van der Waals surface area contributed by atoms with Crippen LogP contribution in [0.25, 0.3) is 6.08 Å². The Balaban J connectivity index is 3.58. The van der Waals surface area contributed by atoms with Crippen molar-refractivity contribution in [3.63, 3.8) is 0 Å². The van der Waals surface area contributed by atoms with Crippen LogP contribution in [0, 0.1) is 5.41 Å². The predicted molar refractivity (Wildman–Crippen MR) is 127 cm³/mol. The Morgan fingerprint density at radius 2 is 1.47 bits per heavy atom. The summed E-state index contributed by atoms with van der Waals surface area (Å²) in [4.78, 5) is 0. The number of phosphoric ester groups is 1. The Morgan fingerprint density at radius 3 is 1.83 bits per heavy atom. The number of hydrogen-bond donors (Lipinski definition) is 0. The van der Waals surface area contributed by atoms with Crippen LogP contribution in [0.15, 0.2) is 24.8 Å². The first-order valence-electron chi connectivity index (χ1n) is 10.3. The van der Waals surface area contributed by atoms with Gasteiger partial charge in [0, 0.05) is 5.56 Å². The molecule has 30 heavy (non-hydrogen) atoms. The van der Waals surface area contributed by atoms with Gasteiger partial charge in [-0.25, -0.2) is 4.57 Å². The number of hydrogen-bond acceptors (Lipinski definition) is 5. The summed E-state index contributed by atoms with van der Waals surface area (Å²) in [6.45, 7) is 25.3. The molecule has 5 nitrogen and oxygen atoms in total. The molecule has 0 spiro atoms. The second-order valence-corrected chi connectivity index (χ2v) is 14.2. The first-order valence-corrected chi connectivity index (χ1v) is 14.2. The zero-order chi connectivity index (χ0) is 23.5. The van der Waals surface area contributed by atoms with Gasteiger partial charge < -0.3 is 8.95 Å². The Hall–Kier alpha value is -0.913. The molecule has 1 aromatic rings. The average Bonchev–Trinajstić information content (AvgIpc) is 2.47. The Morgan fingerprint density at radius 1 is 0.967 bits per heavy atom. The third-order valence-electron chi connectivity index (χ3n) is 3.67. The highest BCUT2D eigenvalue weighted by Gasteiger charge is 2.40. The largest absolute Gasteiger partial charge is 0.531 e. The van der Waals surface area contributed by atoms with Crippen LogP contribution in [0.2, 0.25) is 13.1 Å². The molecule has 0 heterocycles. The molecule has 0 aliphatic rings. The average molecular weight is 456 g/mol. The van der Waals surface area contributed by atoms with E-state index in [1.165, 1.54) is 0 Å². The SMILES string of the molecule is C=Cc1ccc(OP(=O)(OC(C)(C)C)OC(C)(C)C)c(C(O[Si](C)C)C(C)(C)C)c1. The molecule has 1 atom stereocenters. The van der Waals surface area contributed by atoms with Gasteiger partial charge in [0.05, 0.1) is 17.3 Å².